The number of hydrogen-bond donors (Lipinski definition) is 0. The van der Waals surface area contributed by atoms with Crippen LogP contribution in [0.4, 0.5) is 0 Å². The summed E-state index contributed by atoms with van der Waals surface area (Å²) in [7, 11) is 1.44. The van der Waals surface area contributed by atoms with E-state index in [2.05, 4.69) is 40.2 Å². The monoisotopic (exact) mass is 424 g/mol. The van der Waals surface area contributed by atoms with Crippen molar-refractivity contribution >= 4 is 21.9 Å². The van der Waals surface area contributed by atoms with Gasteiger partial charge in [0.1, 0.15) is 0 Å². The molecule has 0 N–H and O–H groups in total. The van der Waals surface area contributed by atoms with Gasteiger partial charge in [0.2, 0.25) is 0 Å². The molecule has 1 heterocycles. The molecular formula is C21H29BrO4. The van der Waals surface area contributed by atoms with Crippen molar-refractivity contribution in [2.45, 2.75) is 62.2 Å². The van der Waals surface area contributed by atoms with E-state index in [1.165, 1.54) is 19.1 Å². The van der Waals surface area contributed by atoms with Crippen LogP contribution < -0.4 is 0 Å². The van der Waals surface area contributed by atoms with E-state index in [1.807, 2.05) is 6.07 Å². The molecule has 2 aliphatic rings. The smallest absolute Gasteiger partial charge is 0.305 e. The molecule has 0 bridgehead atoms. The van der Waals surface area contributed by atoms with E-state index in [0.29, 0.717) is 35.8 Å². The summed E-state index contributed by atoms with van der Waals surface area (Å²) in [5.41, 5.74) is 1.23. The first-order chi connectivity index (χ1) is 12.7. The first kappa shape index (κ1) is 19.8. The standard InChI is InChI=1S/C21H29BrO4/c1-24-21(23)9-5-8-18(22)20-12-17-16(10-11-19(17)26-20)14-25-13-15-6-3-2-4-7-15/h2-4,6-7,16-20H,5,8-14H2,1H3. The maximum Gasteiger partial charge on any atom is 0.305 e. The zero-order chi connectivity index (χ0) is 18.4. The van der Waals surface area contributed by atoms with Crippen LogP contribution in [0.5, 0.6) is 0 Å². The Labute approximate surface area is 164 Å². The van der Waals surface area contributed by atoms with Crippen LogP contribution in [-0.4, -0.2) is 36.7 Å². The summed E-state index contributed by atoms with van der Waals surface area (Å²) in [6, 6.07) is 10.3. The highest BCUT2D eigenvalue weighted by Gasteiger charge is 2.45. The molecule has 1 saturated carbocycles. The van der Waals surface area contributed by atoms with E-state index in [1.54, 1.807) is 0 Å². The minimum Gasteiger partial charge on any atom is -0.469 e. The Kier molecular flexibility index (Phi) is 7.52. The quantitative estimate of drug-likeness (QED) is 0.432. The first-order valence-corrected chi connectivity index (χ1v) is 10.6. The minimum atomic E-state index is -0.135. The molecule has 0 amide bonds. The Balaban J connectivity index is 1.39. The lowest BCUT2D eigenvalue weighted by atomic mass is 9.91. The molecular weight excluding hydrogens is 396 g/mol. The second-order valence-electron chi connectivity index (χ2n) is 7.44. The van der Waals surface area contributed by atoms with Crippen LogP contribution >= 0.6 is 15.9 Å². The lowest BCUT2D eigenvalue weighted by molar-refractivity contribution is -0.140. The molecule has 5 heteroatoms. The third-order valence-corrected chi connectivity index (χ3v) is 6.74. The van der Waals surface area contributed by atoms with Gasteiger partial charge in [0.25, 0.3) is 0 Å². The molecule has 1 aliphatic heterocycles. The summed E-state index contributed by atoms with van der Waals surface area (Å²) < 4.78 is 17.0. The number of alkyl halides is 1. The van der Waals surface area contributed by atoms with Crippen molar-refractivity contribution in [1.29, 1.82) is 0 Å². The fraction of sp³-hybridized carbons (Fsp3) is 0.667. The molecule has 3 rings (SSSR count). The van der Waals surface area contributed by atoms with Gasteiger partial charge in [-0.3, -0.25) is 4.79 Å². The average Bonchev–Trinajstić information content (AvgIpc) is 3.24. The SMILES string of the molecule is COC(=O)CCCC(Br)C1CC2C(COCc3ccccc3)CCC2O1. The molecule has 5 unspecified atom stereocenters. The largest absolute Gasteiger partial charge is 0.469 e. The van der Waals surface area contributed by atoms with E-state index in [9.17, 15) is 4.79 Å². The van der Waals surface area contributed by atoms with Crippen molar-refractivity contribution in [1.82, 2.24) is 0 Å². The Bertz CT molecular complexity index is 564. The zero-order valence-corrected chi connectivity index (χ0v) is 17.0. The third-order valence-electron chi connectivity index (χ3n) is 5.69. The number of fused-ring (bicyclic) bond motifs is 1. The highest BCUT2D eigenvalue weighted by molar-refractivity contribution is 9.09. The average molecular weight is 425 g/mol. The summed E-state index contributed by atoms with van der Waals surface area (Å²) in [6.07, 6.45) is 6.32. The van der Waals surface area contributed by atoms with Gasteiger partial charge in [0.15, 0.2) is 0 Å². The Morgan fingerprint density at radius 1 is 1.31 bits per heavy atom. The maximum absolute atomic E-state index is 11.2. The minimum absolute atomic E-state index is 0.135. The number of carbonyl (C=O) groups excluding carboxylic acids is 1. The second-order valence-corrected chi connectivity index (χ2v) is 8.61. The number of methoxy groups -OCH3 is 1. The molecule has 4 nitrogen and oxygen atoms in total. The number of rotatable bonds is 9. The molecule has 26 heavy (non-hydrogen) atoms. The van der Waals surface area contributed by atoms with E-state index in [4.69, 9.17) is 14.2 Å². The topological polar surface area (TPSA) is 44.8 Å². The van der Waals surface area contributed by atoms with Crippen molar-refractivity contribution in [3.63, 3.8) is 0 Å². The summed E-state index contributed by atoms with van der Waals surface area (Å²) in [6.45, 7) is 1.51. The van der Waals surface area contributed by atoms with Crippen LogP contribution in [0.1, 0.15) is 44.1 Å². The Hall–Kier alpha value is -0.910. The van der Waals surface area contributed by atoms with Crippen molar-refractivity contribution < 1.29 is 19.0 Å². The third kappa shape index (κ3) is 5.30. The lowest BCUT2D eigenvalue weighted by Crippen LogP contribution is -2.22. The molecule has 0 radical (unpaired) electrons. The molecule has 1 aliphatic carbocycles. The highest BCUT2D eigenvalue weighted by Crippen LogP contribution is 2.45. The van der Waals surface area contributed by atoms with Crippen molar-refractivity contribution in [2.75, 3.05) is 13.7 Å². The van der Waals surface area contributed by atoms with Gasteiger partial charge in [-0.05, 0) is 49.5 Å². The molecule has 1 aromatic carbocycles. The lowest BCUT2D eigenvalue weighted by Gasteiger charge is -2.20. The number of benzene rings is 1. The number of halogens is 1. The number of ether oxygens (including phenoxy) is 3. The molecule has 1 saturated heterocycles. The van der Waals surface area contributed by atoms with Crippen molar-refractivity contribution in [3.05, 3.63) is 35.9 Å². The fourth-order valence-corrected chi connectivity index (χ4v) is 4.91. The van der Waals surface area contributed by atoms with Crippen LogP contribution in [0.15, 0.2) is 30.3 Å². The van der Waals surface area contributed by atoms with E-state index in [-0.39, 0.29) is 12.1 Å². The summed E-state index contributed by atoms with van der Waals surface area (Å²) in [4.78, 5) is 11.5. The van der Waals surface area contributed by atoms with Crippen molar-refractivity contribution in [2.24, 2.45) is 11.8 Å². The normalized spacial score (nSPS) is 28.7. The Morgan fingerprint density at radius 3 is 2.88 bits per heavy atom. The number of carbonyl (C=O) groups is 1. The molecule has 0 aromatic heterocycles. The second kappa shape index (κ2) is 9.86. The summed E-state index contributed by atoms with van der Waals surface area (Å²) in [5.74, 6) is 1.07. The highest BCUT2D eigenvalue weighted by atomic mass is 79.9. The predicted octanol–water partition coefficient (Wildman–Crippen LogP) is 4.49. The van der Waals surface area contributed by atoms with Crippen LogP contribution in [0, 0.1) is 11.8 Å². The molecule has 5 atom stereocenters. The van der Waals surface area contributed by atoms with E-state index >= 15 is 0 Å². The molecule has 144 valence electrons. The van der Waals surface area contributed by atoms with Crippen LogP contribution in [0.3, 0.4) is 0 Å². The van der Waals surface area contributed by atoms with Gasteiger partial charge in [0.05, 0.1) is 32.5 Å². The molecule has 1 aromatic rings. The van der Waals surface area contributed by atoms with Gasteiger partial charge in [-0.1, -0.05) is 46.3 Å². The molecule has 2 fully saturated rings. The van der Waals surface area contributed by atoms with Gasteiger partial charge < -0.3 is 14.2 Å². The van der Waals surface area contributed by atoms with Crippen LogP contribution in [-0.2, 0) is 25.6 Å². The first-order valence-electron chi connectivity index (χ1n) is 9.65. The van der Waals surface area contributed by atoms with Gasteiger partial charge >= 0.3 is 5.97 Å². The van der Waals surface area contributed by atoms with Gasteiger partial charge in [-0.2, -0.15) is 0 Å². The van der Waals surface area contributed by atoms with Gasteiger partial charge in [0, 0.05) is 11.2 Å². The fourth-order valence-electron chi connectivity index (χ4n) is 4.24. The van der Waals surface area contributed by atoms with Crippen molar-refractivity contribution in [3.8, 4) is 0 Å². The number of hydrogen-bond acceptors (Lipinski definition) is 4. The van der Waals surface area contributed by atoms with Gasteiger partial charge in [-0.25, -0.2) is 0 Å². The summed E-state index contributed by atoms with van der Waals surface area (Å²) >= 11 is 3.78. The van der Waals surface area contributed by atoms with Crippen LogP contribution in [0.25, 0.3) is 0 Å². The predicted molar refractivity (Wildman–Crippen MR) is 104 cm³/mol. The summed E-state index contributed by atoms with van der Waals surface area (Å²) in [5, 5.41) is 0. The maximum atomic E-state index is 11.2. The van der Waals surface area contributed by atoms with Crippen LogP contribution in [0.2, 0.25) is 0 Å². The molecule has 0 spiro atoms. The number of esters is 1. The zero-order valence-electron chi connectivity index (χ0n) is 15.4. The van der Waals surface area contributed by atoms with Gasteiger partial charge in [-0.15, -0.1) is 0 Å². The Morgan fingerprint density at radius 2 is 2.12 bits per heavy atom. The van der Waals surface area contributed by atoms with E-state index in [0.717, 1.165) is 32.3 Å². The van der Waals surface area contributed by atoms with E-state index < -0.39 is 0 Å².